The van der Waals surface area contributed by atoms with Crippen molar-refractivity contribution in [1.82, 2.24) is 10.6 Å². The number of nitrogens with one attached hydrogen (secondary N) is 3. The van der Waals surface area contributed by atoms with Crippen LogP contribution < -0.4 is 21.7 Å². The van der Waals surface area contributed by atoms with Gasteiger partial charge in [0, 0.05) is 35.5 Å². The van der Waals surface area contributed by atoms with Crippen molar-refractivity contribution < 1.29 is 9.59 Å². The zero-order valence-corrected chi connectivity index (χ0v) is 23.6. The van der Waals surface area contributed by atoms with E-state index in [2.05, 4.69) is 28.1 Å². The highest BCUT2D eigenvalue weighted by atomic mass is 35.5. The van der Waals surface area contributed by atoms with E-state index in [-0.39, 0.29) is 11.8 Å². The molecule has 0 heterocycles. The number of carbonyl (C=O) groups is 2. The van der Waals surface area contributed by atoms with Crippen molar-refractivity contribution in [3.05, 3.63) is 124 Å². The van der Waals surface area contributed by atoms with E-state index in [4.69, 9.17) is 17.3 Å². The molecular formula is C33H33ClN4O2. The van der Waals surface area contributed by atoms with Gasteiger partial charge in [-0.3, -0.25) is 9.59 Å². The van der Waals surface area contributed by atoms with Gasteiger partial charge in [-0.2, -0.15) is 0 Å². The quantitative estimate of drug-likeness (QED) is 0.0827. The van der Waals surface area contributed by atoms with Crippen LogP contribution in [0.25, 0.3) is 16.7 Å². The van der Waals surface area contributed by atoms with Crippen molar-refractivity contribution in [1.29, 1.82) is 0 Å². The van der Waals surface area contributed by atoms with Crippen molar-refractivity contribution >= 4 is 40.4 Å². The summed E-state index contributed by atoms with van der Waals surface area (Å²) >= 11 is 5.96. The second-order valence-electron chi connectivity index (χ2n) is 9.75. The molecule has 1 aliphatic carbocycles. The Morgan fingerprint density at radius 1 is 0.825 bits per heavy atom. The zero-order chi connectivity index (χ0) is 28.6. The number of rotatable bonds is 9. The van der Waals surface area contributed by atoms with Crippen molar-refractivity contribution in [3.8, 4) is 11.1 Å². The molecule has 204 valence electrons. The minimum atomic E-state index is -0.283. The van der Waals surface area contributed by atoms with Crippen LogP contribution >= 0.6 is 11.6 Å². The second-order valence-corrected chi connectivity index (χ2v) is 10.2. The third kappa shape index (κ3) is 7.10. The molecule has 0 aromatic heterocycles. The highest BCUT2D eigenvalue weighted by molar-refractivity contribution is 6.31. The van der Waals surface area contributed by atoms with E-state index in [9.17, 15) is 9.59 Å². The number of hydrogen-bond donors (Lipinski definition) is 4. The van der Waals surface area contributed by atoms with E-state index in [1.54, 1.807) is 36.4 Å². The van der Waals surface area contributed by atoms with E-state index in [0.29, 0.717) is 35.1 Å². The van der Waals surface area contributed by atoms with Crippen LogP contribution in [0.4, 0.5) is 11.4 Å². The van der Waals surface area contributed by atoms with Gasteiger partial charge < -0.3 is 21.7 Å². The average molecular weight is 553 g/mol. The molecule has 0 atom stereocenters. The maximum absolute atomic E-state index is 12.9. The number of fused-ring (bicyclic) bond motifs is 3. The van der Waals surface area contributed by atoms with Gasteiger partial charge in [0.25, 0.3) is 5.91 Å². The van der Waals surface area contributed by atoms with Crippen LogP contribution in [-0.4, -0.2) is 24.9 Å². The Hall–Kier alpha value is -4.55. The molecule has 0 radical (unpaired) electrons. The second kappa shape index (κ2) is 13.0. The number of halogens is 1. The lowest BCUT2D eigenvalue weighted by atomic mass is 10.0. The smallest absolute Gasteiger partial charge is 0.255 e. The molecule has 5 N–H and O–H groups in total. The topological polar surface area (TPSA) is 96.2 Å². The predicted molar refractivity (Wildman–Crippen MR) is 166 cm³/mol. The van der Waals surface area contributed by atoms with Gasteiger partial charge >= 0.3 is 0 Å². The molecule has 4 rings (SSSR count). The number of amides is 2. The van der Waals surface area contributed by atoms with Gasteiger partial charge in [-0.25, -0.2) is 0 Å². The monoisotopic (exact) mass is 552 g/mol. The lowest BCUT2D eigenvalue weighted by Gasteiger charge is -2.10. The molecule has 0 spiro atoms. The van der Waals surface area contributed by atoms with Gasteiger partial charge in [0.05, 0.1) is 11.4 Å². The SMILES string of the molecule is CC(C)=C/C(=C\C=C(/C)NCCNC(=O)C=C1c2ccccc2-c2ccccc21)C(=O)Nc1ccc(Cl)cc1N. The Balaban J connectivity index is 1.34. The summed E-state index contributed by atoms with van der Waals surface area (Å²) in [4.78, 5) is 25.7. The Morgan fingerprint density at radius 2 is 1.43 bits per heavy atom. The molecule has 40 heavy (non-hydrogen) atoms. The van der Waals surface area contributed by atoms with Gasteiger partial charge in [-0.05, 0) is 78.9 Å². The first-order valence-corrected chi connectivity index (χ1v) is 13.4. The number of nitrogens with two attached hydrogens (primary N) is 1. The number of hydrogen-bond acceptors (Lipinski definition) is 4. The van der Waals surface area contributed by atoms with Gasteiger partial charge in [0.15, 0.2) is 0 Å². The van der Waals surface area contributed by atoms with E-state index in [1.807, 2.05) is 63.2 Å². The summed E-state index contributed by atoms with van der Waals surface area (Å²) in [5.74, 6) is -0.427. The normalized spacial score (nSPS) is 12.2. The summed E-state index contributed by atoms with van der Waals surface area (Å²) < 4.78 is 0. The van der Waals surface area contributed by atoms with E-state index >= 15 is 0 Å². The molecule has 0 saturated heterocycles. The minimum Gasteiger partial charge on any atom is -0.397 e. The first-order valence-electron chi connectivity index (χ1n) is 13.1. The Kier molecular flexibility index (Phi) is 9.25. The molecule has 2 amide bonds. The number of carbonyl (C=O) groups excluding carboxylic acids is 2. The van der Waals surface area contributed by atoms with Crippen molar-refractivity contribution in [2.24, 2.45) is 0 Å². The first kappa shape index (κ1) is 28.5. The highest BCUT2D eigenvalue weighted by Crippen LogP contribution is 2.43. The summed E-state index contributed by atoms with van der Waals surface area (Å²) in [5, 5.41) is 9.56. The van der Waals surface area contributed by atoms with E-state index < -0.39 is 0 Å². The van der Waals surface area contributed by atoms with Crippen LogP contribution in [0.15, 0.2) is 108 Å². The fraction of sp³-hybridized carbons (Fsp3) is 0.152. The molecule has 3 aromatic rings. The standard InChI is InChI=1S/C33H33ClN4O2/c1-21(2)18-23(33(40)38-31-15-14-24(34)19-30(31)35)13-12-22(3)36-16-17-37-32(39)20-29-27-10-6-4-8-25(27)26-9-5-7-11-28(26)29/h4-15,18-20,36H,16-17,35H2,1-3H3,(H,37,39)(H,38,40)/b22-12+,23-13+. The fourth-order valence-corrected chi connectivity index (χ4v) is 4.63. The highest BCUT2D eigenvalue weighted by Gasteiger charge is 2.23. The largest absolute Gasteiger partial charge is 0.397 e. The van der Waals surface area contributed by atoms with Gasteiger partial charge in [-0.1, -0.05) is 71.8 Å². The summed E-state index contributed by atoms with van der Waals surface area (Å²) in [7, 11) is 0. The van der Waals surface area contributed by atoms with Gasteiger partial charge in [0.1, 0.15) is 0 Å². The molecule has 0 unspecified atom stereocenters. The lowest BCUT2D eigenvalue weighted by Crippen LogP contribution is -2.30. The van der Waals surface area contributed by atoms with Crippen LogP contribution in [0.5, 0.6) is 0 Å². The number of anilines is 2. The summed E-state index contributed by atoms with van der Waals surface area (Å²) in [5.41, 5.74) is 14.5. The third-order valence-electron chi connectivity index (χ3n) is 6.31. The van der Waals surface area contributed by atoms with Gasteiger partial charge in [0.2, 0.25) is 5.91 Å². The summed E-state index contributed by atoms with van der Waals surface area (Å²) in [6.07, 6.45) is 7.05. The Labute approximate surface area is 240 Å². The van der Waals surface area contributed by atoms with Crippen LogP contribution in [0, 0.1) is 0 Å². The molecule has 0 bridgehead atoms. The number of nitrogen functional groups attached to an aromatic ring is 1. The average Bonchev–Trinajstić information content (AvgIpc) is 3.24. The van der Waals surface area contributed by atoms with Crippen LogP contribution in [0.3, 0.4) is 0 Å². The number of allylic oxidation sites excluding steroid dienone is 4. The van der Waals surface area contributed by atoms with Crippen molar-refractivity contribution in [2.45, 2.75) is 20.8 Å². The lowest BCUT2D eigenvalue weighted by molar-refractivity contribution is -0.116. The molecule has 3 aromatic carbocycles. The Bertz CT molecular complexity index is 1510. The maximum Gasteiger partial charge on any atom is 0.255 e. The van der Waals surface area contributed by atoms with Crippen LogP contribution in [-0.2, 0) is 9.59 Å². The van der Waals surface area contributed by atoms with Crippen LogP contribution in [0.2, 0.25) is 5.02 Å². The third-order valence-corrected chi connectivity index (χ3v) is 6.54. The van der Waals surface area contributed by atoms with E-state index in [1.165, 1.54) is 0 Å². The fourth-order valence-electron chi connectivity index (χ4n) is 4.45. The van der Waals surface area contributed by atoms with Crippen molar-refractivity contribution in [2.75, 3.05) is 24.1 Å². The zero-order valence-electron chi connectivity index (χ0n) is 22.8. The summed E-state index contributed by atoms with van der Waals surface area (Å²) in [6.45, 7) is 6.73. The summed E-state index contributed by atoms with van der Waals surface area (Å²) in [6, 6.07) is 21.2. The van der Waals surface area contributed by atoms with Crippen LogP contribution in [0.1, 0.15) is 31.9 Å². The molecule has 6 nitrogen and oxygen atoms in total. The maximum atomic E-state index is 12.9. The van der Waals surface area contributed by atoms with Crippen molar-refractivity contribution in [3.63, 3.8) is 0 Å². The molecule has 1 aliphatic rings. The Morgan fingerprint density at radius 3 is 2.02 bits per heavy atom. The van der Waals surface area contributed by atoms with E-state index in [0.717, 1.165) is 39.1 Å². The van der Waals surface area contributed by atoms with Gasteiger partial charge in [-0.15, -0.1) is 0 Å². The molecular weight excluding hydrogens is 520 g/mol. The molecule has 0 fully saturated rings. The molecule has 0 aliphatic heterocycles. The minimum absolute atomic E-state index is 0.145. The molecule has 0 saturated carbocycles. The predicted octanol–water partition coefficient (Wildman–Crippen LogP) is 6.48. The first-order chi connectivity index (χ1) is 19.2. The number of benzene rings is 3. The molecule has 7 heteroatoms.